The number of hydrogen-bond donors (Lipinski definition) is 1. The minimum Gasteiger partial charge on any atom is -0.338 e. The Bertz CT molecular complexity index is 880. The van der Waals surface area contributed by atoms with Crippen LogP contribution in [0.4, 0.5) is 0 Å². The number of benzene rings is 3. The lowest BCUT2D eigenvalue weighted by atomic mass is 10.2. The van der Waals surface area contributed by atoms with Crippen molar-refractivity contribution in [3.63, 3.8) is 0 Å². The molecule has 4 aromatic rings. The SMILES string of the molecule is c1ccc(Sc2ccccc2-c2nc3ccccc3[nH]2)cc1. The second-order valence-electron chi connectivity index (χ2n) is 5.01. The molecule has 0 amide bonds. The summed E-state index contributed by atoms with van der Waals surface area (Å²) in [6.07, 6.45) is 0. The van der Waals surface area contributed by atoms with Gasteiger partial charge in [-0.15, -0.1) is 0 Å². The first-order valence-electron chi connectivity index (χ1n) is 7.17. The lowest BCUT2D eigenvalue weighted by Crippen LogP contribution is -1.84. The summed E-state index contributed by atoms with van der Waals surface area (Å²) in [4.78, 5) is 10.6. The van der Waals surface area contributed by atoms with E-state index in [1.54, 1.807) is 11.8 Å². The third-order valence-corrected chi connectivity index (χ3v) is 4.59. The second-order valence-corrected chi connectivity index (χ2v) is 6.13. The van der Waals surface area contributed by atoms with E-state index < -0.39 is 0 Å². The Kier molecular flexibility index (Phi) is 3.41. The minimum absolute atomic E-state index is 0.917. The van der Waals surface area contributed by atoms with Crippen LogP contribution in [0.1, 0.15) is 0 Å². The van der Waals surface area contributed by atoms with Gasteiger partial charge < -0.3 is 4.98 Å². The Labute approximate surface area is 133 Å². The van der Waals surface area contributed by atoms with Gasteiger partial charge in [0.15, 0.2) is 0 Å². The molecule has 3 aromatic carbocycles. The second kappa shape index (κ2) is 5.70. The number of aromatic nitrogens is 2. The van der Waals surface area contributed by atoms with E-state index >= 15 is 0 Å². The molecule has 0 unspecified atom stereocenters. The van der Waals surface area contributed by atoms with E-state index in [0.717, 1.165) is 22.4 Å². The lowest BCUT2D eigenvalue weighted by Gasteiger charge is -2.06. The maximum atomic E-state index is 4.72. The molecular formula is C19H14N2S. The van der Waals surface area contributed by atoms with Crippen LogP contribution >= 0.6 is 11.8 Å². The number of fused-ring (bicyclic) bond motifs is 1. The van der Waals surface area contributed by atoms with E-state index in [2.05, 4.69) is 59.6 Å². The zero-order valence-corrected chi connectivity index (χ0v) is 12.7. The van der Waals surface area contributed by atoms with Crippen molar-refractivity contribution >= 4 is 22.8 Å². The summed E-state index contributed by atoms with van der Waals surface area (Å²) in [7, 11) is 0. The van der Waals surface area contributed by atoms with E-state index in [1.807, 2.05) is 24.3 Å². The predicted molar refractivity (Wildman–Crippen MR) is 92.1 cm³/mol. The molecule has 0 aliphatic rings. The summed E-state index contributed by atoms with van der Waals surface area (Å²) < 4.78 is 0. The molecule has 106 valence electrons. The highest BCUT2D eigenvalue weighted by molar-refractivity contribution is 7.99. The molecule has 0 aliphatic carbocycles. The van der Waals surface area contributed by atoms with Crippen molar-refractivity contribution in [3.05, 3.63) is 78.9 Å². The van der Waals surface area contributed by atoms with Crippen molar-refractivity contribution in [2.24, 2.45) is 0 Å². The van der Waals surface area contributed by atoms with E-state index in [1.165, 1.54) is 9.79 Å². The van der Waals surface area contributed by atoms with Crippen LogP contribution in [0.2, 0.25) is 0 Å². The summed E-state index contributed by atoms with van der Waals surface area (Å²) in [5.74, 6) is 0.917. The van der Waals surface area contributed by atoms with Crippen molar-refractivity contribution in [2.45, 2.75) is 9.79 Å². The Balaban J connectivity index is 1.78. The van der Waals surface area contributed by atoms with Gasteiger partial charge in [0.1, 0.15) is 5.82 Å². The first kappa shape index (κ1) is 13.2. The van der Waals surface area contributed by atoms with Gasteiger partial charge in [0.2, 0.25) is 0 Å². The number of imidazole rings is 1. The van der Waals surface area contributed by atoms with Crippen LogP contribution in [0.5, 0.6) is 0 Å². The topological polar surface area (TPSA) is 28.7 Å². The normalized spacial score (nSPS) is 10.9. The molecule has 0 atom stereocenters. The van der Waals surface area contributed by atoms with E-state index in [0.29, 0.717) is 0 Å². The van der Waals surface area contributed by atoms with Gasteiger partial charge in [-0.2, -0.15) is 0 Å². The highest BCUT2D eigenvalue weighted by atomic mass is 32.2. The summed E-state index contributed by atoms with van der Waals surface area (Å²) in [6.45, 7) is 0. The van der Waals surface area contributed by atoms with Gasteiger partial charge in [-0.3, -0.25) is 0 Å². The third-order valence-electron chi connectivity index (χ3n) is 3.50. The number of aromatic amines is 1. The summed E-state index contributed by atoms with van der Waals surface area (Å²) in [5, 5.41) is 0. The summed E-state index contributed by atoms with van der Waals surface area (Å²) in [6, 6.07) is 26.9. The molecule has 0 radical (unpaired) electrons. The molecule has 22 heavy (non-hydrogen) atoms. The monoisotopic (exact) mass is 302 g/mol. The fourth-order valence-corrected chi connectivity index (χ4v) is 3.42. The average Bonchev–Trinajstić information content (AvgIpc) is 3.00. The van der Waals surface area contributed by atoms with Gasteiger partial charge in [-0.25, -0.2) is 4.98 Å². The van der Waals surface area contributed by atoms with Gasteiger partial charge >= 0.3 is 0 Å². The predicted octanol–water partition coefficient (Wildman–Crippen LogP) is 5.38. The number of hydrogen-bond acceptors (Lipinski definition) is 2. The zero-order valence-electron chi connectivity index (χ0n) is 11.9. The van der Waals surface area contributed by atoms with Crippen LogP contribution < -0.4 is 0 Å². The molecule has 0 saturated heterocycles. The van der Waals surface area contributed by atoms with Crippen LogP contribution in [0, 0.1) is 0 Å². The average molecular weight is 302 g/mol. The standard InChI is InChI=1S/C19H14N2S/c1-2-8-14(9-3-1)22-18-13-7-4-10-15(18)19-20-16-11-5-6-12-17(16)21-19/h1-13H,(H,20,21). The quantitative estimate of drug-likeness (QED) is 0.550. The van der Waals surface area contributed by atoms with E-state index in [-0.39, 0.29) is 0 Å². The molecule has 0 saturated carbocycles. The number of para-hydroxylation sites is 2. The fraction of sp³-hybridized carbons (Fsp3) is 0. The highest BCUT2D eigenvalue weighted by Gasteiger charge is 2.10. The maximum absolute atomic E-state index is 4.72. The third kappa shape index (κ3) is 2.51. The molecule has 1 N–H and O–H groups in total. The van der Waals surface area contributed by atoms with Crippen LogP contribution in [0.25, 0.3) is 22.4 Å². The molecular weight excluding hydrogens is 288 g/mol. The van der Waals surface area contributed by atoms with E-state index in [9.17, 15) is 0 Å². The fourth-order valence-electron chi connectivity index (χ4n) is 2.45. The van der Waals surface area contributed by atoms with E-state index in [4.69, 9.17) is 4.98 Å². The van der Waals surface area contributed by atoms with Crippen molar-refractivity contribution in [3.8, 4) is 11.4 Å². The first-order chi connectivity index (χ1) is 10.9. The molecule has 1 heterocycles. The Hall–Kier alpha value is -2.52. The van der Waals surface area contributed by atoms with Crippen LogP contribution in [0.15, 0.2) is 88.7 Å². The first-order valence-corrected chi connectivity index (χ1v) is 7.99. The van der Waals surface area contributed by atoms with Gasteiger partial charge in [0.25, 0.3) is 0 Å². The number of rotatable bonds is 3. The number of H-pyrrole nitrogens is 1. The van der Waals surface area contributed by atoms with Crippen LogP contribution in [-0.2, 0) is 0 Å². The molecule has 0 fully saturated rings. The Morgan fingerprint density at radius 2 is 1.45 bits per heavy atom. The van der Waals surface area contributed by atoms with Gasteiger partial charge in [0, 0.05) is 15.4 Å². The minimum atomic E-state index is 0.917. The molecule has 0 bridgehead atoms. The highest BCUT2D eigenvalue weighted by Crippen LogP contribution is 2.35. The lowest BCUT2D eigenvalue weighted by molar-refractivity contribution is 1.29. The van der Waals surface area contributed by atoms with Crippen molar-refractivity contribution in [2.75, 3.05) is 0 Å². The molecule has 0 aliphatic heterocycles. The number of nitrogens with zero attached hydrogens (tertiary/aromatic N) is 1. The van der Waals surface area contributed by atoms with Crippen molar-refractivity contribution < 1.29 is 0 Å². The zero-order chi connectivity index (χ0) is 14.8. The summed E-state index contributed by atoms with van der Waals surface area (Å²) >= 11 is 1.76. The van der Waals surface area contributed by atoms with Crippen LogP contribution in [0.3, 0.4) is 0 Å². The smallest absolute Gasteiger partial charge is 0.139 e. The van der Waals surface area contributed by atoms with Gasteiger partial charge in [0.05, 0.1) is 11.0 Å². The molecule has 0 spiro atoms. The Morgan fingerprint density at radius 1 is 0.727 bits per heavy atom. The van der Waals surface area contributed by atoms with Crippen LogP contribution in [-0.4, -0.2) is 9.97 Å². The number of nitrogens with one attached hydrogen (secondary N) is 1. The summed E-state index contributed by atoms with van der Waals surface area (Å²) in [5.41, 5.74) is 3.20. The molecule has 3 heteroatoms. The Morgan fingerprint density at radius 3 is 2.32 bits per heavy atom. The molecule has 4 rings (SSSR count). The van der Waals surface area contributed by atoms with Crippen molar-refractivity contribution in [1.82, 2.24) is 9.97 Å². The van der Waals surface area contributed by atoms with Gasteiger partial charge in [-0.1, -0.05) is 60.3 Å². The maximum Gasteiger partial charge on any atom is 0.139 e. The molecule has 1 aromatic heterocycles. The van der Waals surface area contributed by atoms with Gasteiger partial charge in [-0.05, 0) is 30.3 Å². The van der Waals surface area contributed by atoms with Crippen molar-refractivity contribution in [1.29, 1.82) is 0 Å². The largest absolute Gasteiger partial charge is 0.338 e. The molecule has 2 nitrogen and oxygen atoms in total.